The maximum atomic E-state index is 14.0. The number of methoxy groups -OCH3 is 1. The molecule has 0 spiro atoms. The van der Waals surface area contributed by atoms with E-state index >= 15 is 0 Å². The summed E-state index contributed by atoms with van der Waals surface area (Å²) in [7, 11) is -3.03. The second-order valence-electron chi connectivity index (χ2n) is 9.91. The third kappa shape index (κ3) is 7.85. The molecule has 0 radical (unpaired) electrons. The second kappa shape index (κ2) is 13.8. The van der Waals surface area contributed by atoms with Gasteiger partial charge in [-0.25, -0.2) is 8.42 Å². The number of rotatable bonds is 12. The Bertz CT molecular complexity index is 1560. The summed E-state index contributed by atoms with van der Waals surface area (Å²) in [5, 5.41) is 14.4. The van der Waals surface area contributed by atoms with Crippen LogP contribution in [0, 0.1) is 17.0 Å². The zero-order chi connectivity index (χ0) is 31.2. The van der Waals surface area contributed by atoms with Crippen LogP contribution in [-0.2, 0) is 26.2 Å². The summed E-state index contributed by atoms with van der Waals surface area (Å²) < 4.78 is 34.8. The molecule has 0 aromatic heterocycles. The molecule has 0 fully saturated rings. The number of nitrogens with zero attached hydrogens (tertiary/aromatic N) is 3. The highest BCUT2D eigenvalue weighted by Crippen LogP contribution is 2.29. The average Bonchev–Trinajstić information content (AvgIpc) is 2.93. The van der Waals surface area contributed by atoms with Crippen LogP contribution in [0.15, 0.2) is 76.1 Å². The van der Waals surface area contributed by atoms with Gasteiger partial charge in [-0.1, -0.05) is 34.1 Å². The molecule has 3 aromatic rings. The Hall–Kier alpha value is -3.97. The molecule has 0 aliphatic heterocycles. The molecule has 3 rings (SSSR count). The number of halogens is 1. The smallest absolute Gasteiger partial charge is 0.273 e. The van der Waals surface area contributed by atoms with Gasteiger partial charge in [0.15, 0.2) is 0 Å². The average molecular weight is 662 g/mol. The van der Waals surface area contributed by atoms with E-state index in [1.807, 2.05) is 6.07 Å². The molecule has 0 aliphatic carbocycles. The SMILES string of the molecule is COc1ccc(N(CC(=O)N(Cc2cccc(Br)c2)C(C)C(=O)NC(C)C)S(=O)(=O)c2ccc(C)c([N+](=O)[O-])c2)cc1. The van der Waals surface area contributed by atoms with Gasteiger partial charge in [0.05, 0.1) is 22.6 Å². The Morgan fingerprint density at radius 1 is 1.05 bits per heavy atom. The van der Waals surface area contributed by atoms with Crippen molar-refractivity contribution in [1.29, 1.82) is 0 Å². The standard InChI is InChI=1S/C29H33BrN4O7S/c1-19(2)31-29(36)21(4)32(17-22-7-6-8-23(30)15-22)28(35)18-33(24-10-12-25(41-5)13-11-24)42(39,40)26-14-9-20(3)27(16-26)34(37)38/h6-16,19,21H,17-18H2,1-5H3,(H,31,36). The molecule has 0 bridgehead atoms. The van der Waals surface area contributed by atoms with Gasteiger partial charge in [0.1, 0.15) is 18.3 Å². The molecular formula is C29H33BrN4O7S. The zero-order valence-corrected chi connectivity index (χ0v) is 26.3. The van der Waals surface area contributed by atoms with Crippen molar-refractivity contribution in [3.05, 3.63) is 92.4 Å². The molecule has 1 unspecified atom stereocenters. The van der Waals surface area contributed by atoms with Crippen LogP contribution in [0.3, 0.4) is 0 Å². The predicted molar refractivity (Wildman–Crippen MR) is 163 cm³/mol. The number of hydrogen-bond acceptors (Lipinski definition) is 7. The summed E-state index contributed by atoms with van der Waals surface area (Å²) in [6, 6.07) is 15.7. The highest BCUT2D eigenvalue weighted by molar-refractivity contribution is 9.10. The highest BCUT2D eigenvalue weighted by atomic mass is 79.9. The Labute approximate surface area is 253 Å². The Balaban J connectivity index is 2.10. The number of sulfonamides is 1. The molecule has 0 saturated heterocycles. The number of anilines is 1. The van der Waals surface area contributed by atoms with Crippen molar-refractivity contribution in [2.45, 2.75) is 51.2 Å². The normalized spacial score (nSPS) is 12.0. The fourth-order valence-corrected chi connectivity index (χ4v) is 6.05. The summed E-state index contributed by atoms with van der Waals surface area (Å²) in [4.78, 5) is 38.9. The van der Waals surface area contributed by atoms with Gasteiger partial charge in [-0.2, -0.15) is 0 Å². The van der Waals surface area contributed by atoms with Gasteiger partial charge in [-0.15, -0.1) is 0 Å². The molecule has 0 saturated carbocycles. The van der Waals surface area contributed by atoms with Crippen molar-refractivity contribution in [2.75, 3.05) is 18.0 Å². The highest BCUT2D eigenvalue weighted by Gasteiger charge is 2.33. The number of nitrogens with one attached hydrogen (secondary N) is 1. The molecule has 3 aromatic carbocycles. The van der Waals surface area contributed by atoms with Gasteiger partial charge in [-0.3, -0.25) is 24.0 Å². The van der Waals surface area contributed by atoms with Gasteiger partial charge in [0.25, 0.3) is 15.7 Å². The molecular weight excluding hydrogens is 628 g/mol. The first-order valence-electron chi connectivity index (χ1n) is 13.0. The molecule has 11 nitrogen and oxygen atoms in total. The van der Waals surface area contributed by atoms with E-state index < -0.39 is 39.3 Å². The minimum Gasteiger partial charge on any atom is -0.497 e. The Kier molecular flexibility index (Phi) is 10.7. The number of ether oxygens (including phenoxy) is 1. The number of nitro groups is 1. The van der Waals surface area contributed by atoms with Gasteiger partial charge in [0, 0.05) is 28.7 Å². The topological polar surface area (TPSA) is 139 Å². The quantitative estimate of drug-likeness (QED) is 0.217. The van der Waals surface area contributed by atoms with Crippen molar-refractivity contribution in [1.82, 2.24) is 10.2 Å². The van der Waals surface area contributed by atoms with Crippen LogP contribution in [0.25, 0.3) is 0 Å². The number of carbonyl (C=O) groups excluding carboxylic acids is 2. The number of carbonyl (C=O) groups is 2. The summed E-state index contributed by atoms with van der Waals surface area (Å²) in [5.41, 5.74) is 0.771. The lowest BCUT2D eigenvalue weighted by atomic mass is 10.1. The maximum Gasteiger partial charge on any atom is 0.273 e. The predicted octanol–water partition coefficient (Wildman–Crippen LogP) is 4.81. The molecule has 0 aliphatic rings. The van der Waals surface area contributed by atoms with Crippen LogP contribution in [0.4, 0.5) is 11.4 Å². The van der Waals surface area contributed by atoms with E-state index in [1.165, 1.54) is 55.3 Å². The van der Waals surface area contributed by atoms with E-state index in [0.29, 0.717) is 5.75 Å². The van der Waals surface area contributed by atoms with Gasteiger partial charge < -0.3 is 15.0 Å². The van der Waals surface area contributed by atoms with Gasteiger partial charge in [-0.05, 0) is 75.7 Å². The van der Waals surface area contributed by atoms with E-state index in [9.17, 15) is 28.1 Å². The molecule has 0 heterocycles. The molecule has 1 N–H and O–H groups in total. The van der Waals surface area contributed by atoms with Crippen molar-refractivity contribution in [3.8, 4) is 5.75 Å². The van der Waals surface area contributed by atoms with Crippen molar-refractivity contribution < 1.29 is 27.7 Å². The van der Waals surface area contributed by atoms with Crippen LogP contribution in [0.1, 0.15) is 31.9 Å². The second-order valence-corrected chi connectivity index (χ2v) is 12.7. The number of nitro benzene ring substituents is 1. The Morgan fingerprint density at radius 3 is 2.29 bits per heavy atom. The number of aryl methyl sites for hydroxylation is 1. The number of hydrogen-bond donors (Lipinski definition) is 1. The van der Waals surface area contributed by atoms with E-state index in [4.69, 9.17) is 4.74 Å². The van der Waals surface area contributed by atoms with Crippen LogP contribution >= 0.6 is 15.9 Å². The minimum absolute atomic E-state index is 0.0253. The minimum atomic E-state index is -4.49. The molecule has 13 heteroatoms. The summed E-state index contributed by atoms with van der Waals surface area (Å²) in [5.74, 6) is -0.590. The summed E-state index contributed by atoms with van der Waals surface area (Å²) in [6.45, 7) is 6.01. The number of benzene rings is 3. The molecule has 2 amide bonds. The van der Waals surface area contributed by atoms with Gasteiger partial charge >= 0.3 is 0 Å². The first-order valence-corrected chi connectivity index (χ1v) is 15.2. The molecule has 42 heavy (non-hydrogen) atoms. The van der Waals surface area contributed by atoms with Crippen LogP contribution in [-0.4, -0.2) is 55.8 Å². The lowest BCUT2D eigenvalue weighted by molar-refractivity contribution is -0.385. The molecule has 224 valence electrons. The van der Waals surface area contributed by atoms with Gasteiger partial charge in [0.2, 0.25) is 11.8 Å². The van der Waals surface area contributed by atoms with E-state index in [-0.39, 0.29) is 34.4 Å². The lowest BCUT2D eigenvalue weighted by Crippen LogP contribution is -2.52. The maximum absolute atomic E-state index is 14.0. The fraction of sp³-hybridized carbons (Fsp3) is 0.310. The van der Waals surface area contributed by atoms with E-state index in [0.717, 1.165) is 20.4 Å². The number of amides is 2. The lowest BCUT2D eigenvalue weighted by Gasteiger charge is -2.32. The van der Waals surface area contributed by atoms with E-state index in [1.54, 1.807) is 39.0 Å². The van der Waals surface area contributed by atoms with Crippen LogP contribution in [0.5, 0.6) is 5.75 Å². The zero-order valence-electron chi connectivity index (χ0n) is 23.9. The van der Waals surface area contributed by atoms with Crippen LogP contribution < -0.4 is 14.4 Å². The summed E-state index contributed by atoms with van der Waals surface area (Å²) >= 11 is 3.41. The third-order valence-corrected chi connectivity index (χ3v) is 8.71. The first-order chi connectivity index (χ1) is 19.7. The fourth-order valence-electron chi connectivity index (χ4n) is 4.17. The third-order valence-electron chi connectivity index (χ3n) is 6.44. The summed E-state index contributed by atoms with van der Waals surface area (Å²) in [6.07, 6.45) is 0. The molecule has 1 atom stereocenters. The Morgan fingerprint density at radius 2 is 1.71 bits per heavy atom. The van der Waals surface area contributed by atoms with Crippen LogP contribution in [0.2, 0.25) is 0 Å². The van der Waals surface area contributed by atoms with Crippen molar-refractivity contribution in [2.24, 2.45) is 0 Å². The largest absolute Gasteiger partial charge is 0.497 e. The monoisotopic (exact) mass is 660 g/mol. The first kappa shape index (κ1) is 32.5. The van der Waals surface area contributed by atoms with Crippen molar-refractivity contribution >= 4 is 49.1 Å². The van der Waals surface area contributed by atoms with E-state index in [2.05, 4.69) is 21.2 Å². The van der Waals surface area contributed by atoms with Crippen molar-refractivity contribution in [3.63, 3.8) is 0 Å².